The number of carbonyl (C=O) groups excluding carboxylic acids is 2. The summed E-state index contributed by atoms with van der Waals surface area (Å²) >= 11 is 0. The molecular formula is C32H37F4N3O4S. The zero-order valence-electron chi connectivity index (χ0n) is 24.9. The molecule has 0 unspecified atom stereocenters. The maximum atomic E-state index is 14.8. The molecule has 0 fully saturated rings. The number of carbonyl (C=O) groups is 2. The minimum absolute atomic E-state index is 0.0685. The highest BCUT2D eigenvalue weighted by Crippen LogP contribution is 2.32. The Labute approximate surface area is 255 Å². The molecule has 12 heteroatoms. The average molecular weight is 636 g/mol. The fourth-order valence-electron chi connectivity index (χ4n) is 4.65. The van der Waals surface area contributed by atoms with E-state index in [1.165, 1.54) is 29.2 Å². The zero-order valence-corrected chi connectivity index (χ0v) is 25.7. The summed E-state index contributed by atoms with van der Waals surface area (Å²) in [5.41, 5.74) is -0.229. The Hall–Kier alpha value is -3.93. The van der Waals surface area contributed by atoms with Crippen LogP contribution in [0.2, 0.25) is 0 Å². The topological polar surface area (TPSA) is 86.8 Å². The minimum Gasteiger partial charge on any atom is -0.352 e. The second-order valence-corrected chi connectivity index (χ2v) is 12.5. The Morgan fingerprint density at radius 2 is 1.61 bits per heavy atom. The first-order valence-corrected chi connectivity index (χ1v) is 16.1. The van der Waals surface area contributed by atoms with Crippen LogP contribution in [0.1, 0.15) is 49.8 Å². The van der Waals surface area contributed by atoms with E-state index < -0.39 is 45.4 Å². The molecule has 0 aliphatic carbocycles. The lowest BCUT2D eigenvalue weighted by Gasteiger charge is -2.33. The lowest BCUT2D eigenvalue weighted by molar-refractivity contribution is -0.141. The Bertz CT molecular complexity index is 1520. The van der Waals surface area contributed by atoms with Gasteiger partial charge in [-0.25, -0.2) is 12.8 Å². The van der Waals surface area contributed by atoms with E-state index in [9.17, 15) is 35.6 Å². The number of halogens is 4. The van der Waals surface area contributed by atoms with Crippen LogP contribution in [0.15, 0.2) is 78.9 Å². The molecule has 44 heavy (non-hydrogen) atoms. The zero-order chi connectivity index (χ0) is 32.5. The second-order valence-electron chi connectivity index (χ2n) is 10.6. The number of hydrogen-bond donors (Lipinski definition) is 1. The normalized spacial score (nSPS) is 13.2. The predicted octanol–water partition coefficient (Wildman–Crippen LogP) is 5.95. The third-order valence-electron chi connectivity index (χ3n) is 7.18. The Morgan fingerprint density at radius 3 is 2.23 bits per heavy atom. The molecule has 0 saturated carbocycles. The molecule has 0 aliphatic rings. The highest BCUT2D eigenvalue weighted by Gasteiger charge is 2.33. The third kappa shape index (κ3) is 9.80. The van der Waals surface area contributed by atoms with Gasteiger partial charge >= 0.3 is 6.18 Å². The molecule has 238 valence electrons. The molecule has 0 spiro atoms. The van der Waals surface area contributed by atoms with Crippen molar-refractivity contribution in [3.8, 4) is 0 Å². The van der Waals surface area contributed by atoms with Crippen LogP contribution in [-0.4, -0.2) is 50.0 Å². The van der Waals surface area contributed by atoms with Gasteiger partial charge in [-0.3, -0.25) is 13.9 Å². The Kier molecular flexibility index (Phi) is 11.9. The van der Waals surface area contributed by atoms with Crippen molar-refractivity contribution in [3.63, 3.8) is 0 Å². The molecular weight excluding hydrogens is 598 g/mol. The van der Waals surface area contributed by atoms with Crippen LogP contribution in [-0.2, 0) is 38.8 Å². The third-order valence-corrected chi connectivity index (χ3v) is 8.38. The van der Waals surface area contributed by atoms with Crippen LogP contribution in [0.3, 0.4) is 0 Å². The van der Waals surface area contributed by atoms with E-state index in [0.29, 0.717) is 6.42 Å². The van der Waals surface area contributed by atoms with E-state index in [1.807, 2.05) is 32.0 Å². The summed E-state index contributed by atoms with van der Waals surface area (Å²) in [6.45, 7) is 3.22. The van der Waals surface area contributed by atoms with Crippen LogP contribution >= 0.6 is 0 Å². The summed E-state index contributed by atoms with van der Waals surface area (Å²) in [4.78, 5) is 28.7. The van der Waals surface area contributed by atoms with Crippen LogP contribution in [0.5, 0.6) is 0 Å². The van der Waals surface area contributed by atoms with Crippen LogP contribution < -0.4 is 9.62 Å². The first kappa shape index (κ1) is 34.6. The van der Waals surface area contributed by atoms with E-state index in [0.717, 1.165) is 34.3 Å². The van der Waals surface area contributed by atoms with Crippen molar-refractivity contribution in [1.82, 2.24) is 10.2 Å². The van der Waals surface area contributed by atoms with Gasteiger partial charge in [0, 0.05) is 37.5 Å². The van der Waals surface area contributed by atoms with Crippen molar-refractivity contribution in [1.29, 1.82) is 0 Å². The largest absolute Gasteiger partial charge is 0.416 e. The van der Waals surface area contributed by atoms with E-state index in [-0.39, 0.29) is 49.6 Å². The molecule has 2 amide bonds. The maximum absolute atomic E-state index is 14.8. The summed E-state index contributed by atoms with van der Waals surface area (Å²) < 4.78 is 80.6. The summed E-state index contributed by atoms with van der Waals surface area (Å²) in [5.74, 6) is -1.51. The van der Waals surface area contributed by atoms with Gasteiger partial charge in [0.2, 0.25) is 21.8 Å². The van der Waals surface area contributed by atoms with E-state index in [1.54, 1.807) is 18.2 Å². The molecule has 7 nitrogen and oxygen atoms in total. The number of nitrogens with zero attached hydrogens (tertiary/aromatic N) is 2. The monoisotopic (exact) mass is 635 g/mol. The standard InChI is InChI=1S/C32H37F4N3O4S/c1-4-23(2)37-31(41)29(20-24-12-6-5-7-13-24)38(22-25-14-8-9-17-28(25)33)30(40)18-11-19-39(44(3,42)43)27-16-10-15-26(21-27)32(34,35)36/h5-10,12-17,21,23,29H,4,11,18-20,22H2,1-3H3,(H,37,41)/t23-,29-/m0/s1. The number of anilines is 1. The fourth-order valence-corrected chi connectivity index (χ4v) is 5.60. The van der Waals surface area contributed by atoms with Gasteiger partial charge in [0.05, 0.1) is 17.5 Å². The molecule has 2 atom stereocenters. The lowest BCUT2D eigenvalue weighted by atomic mass is 10.0. The number of benzene rings is 3. The molecule has 3 rings (SSSR count). The van der Waals surface area contributed by atoms with Crippen molar-refractivity contribution in [2.45, 2.75) is 64.3 Å². The molecule has 0 heterocycles. The van der Waals surface area contributed by atoms with Crippen molar-refractivity contribution in [2.75, 3.05) is 17.1 Å². The van der Waals surface area contributed by atoms with E-state index in [2.05, 4.69) is 5.32 Å². The summed E-state index contributed by atoms with van der Waals surface area (Å²) in [5, 5.41) is 2.91. The number of amides is 2. The number of nitrogens with one attached hydrogen (secondary N) is 1. The van der Waals surface area contributed by atoms with E-state index in [4.69, 9.17) is 0 Å². The number of hydrogen-bond acceptors (Lipinski definition) is 4. The Balaban J connectivity index is 1.91. The number of alkyl halides is 3. The Morgan fingerprint density at radius 1 is 0.955 bits per heavy atom. The second kappa shape index (κ2) is 15.2. The fraction of sp³-hybridized carbons (Fsp3) is 0.375. The van der Waals surface area contributed by atoms with Crippen molar-refractivity contribution in [2.24, 2.45) is 0 Å². The van der Waals surface area contributed by atoms with Gasteiger partial charge in [-0.2, -0.15) is 13.2 Å². The van der Waals surface area contributed by atoms with Crippen molar-refractivity contribution in [3.05, 3.63) is 101 Å². The quantitative estimate of drug-likeness (QED) is 0.222. The minimum atomic E-state index is -4.67. The first-order chi connectivity index (χ1) is 20.7. The van der Waals surface area contributed by atoms with Gasteiger partial charge in [0.1, 0.15) is 11.9 Å². The summed E-state index contributed by atoms with van der Waals surface area (Å²) in [6, 6.07) is 17.7. The van der Waals surface area contributed by atoms with Gasteiger partial charge in [-0.05, 0) is 49.6 Å². The van der Waals surface area contributed by atoms with Crippen LogP contribution in [0, 0.1) is 5.82 Å². The molecule has 1 N–H and O–H groups in total. The smallest absolute Gasteiger partial charge is 0.352 e. The summed E-state index contributed by atoms with van der Waals surface area (Å²) in [6.07, 6.45) is -3.34. The summed E-state index contributed by atoms with van der Waals surface area (Å²) in [7, 11) is -4.01. The highest BCUT2D eigenvalue weighted by atomic mass is 32.2. The molecule has 0 aliphatic heterocycles. The van der Waals surface area contributed by atoms with Gasteiger partial charge in [-0.15, -0.1) is 0 Å². The predicted molar refractivity (Wildman–Crippen MR) is 162 cm³/mol. The number of rotatable bonds is 14. The molecule has 3 aromatic carbocycles. The van der Waals surface area contributed by atoms with Gasteiger partial charge in [-0.1, -0.05) is 61.5 Å². The number of sulfonamides is 1. The SMILES string of the molecule is CC[C@H](C)NC(=O)[C@H](Cc1ccccc1)N(Cc1ccccc1F)C(=O)CCCN(c1cccc(C(F)(F)F)c1)S(C)(=O)=O. The average Bonchev–Trinajstić information content (AvgIpc) is 2.97. The molecule has 0 radical (unpaired) electrons. The molecule has 0 bridgehead atoms. The van der Waals surface area contributed by atoms with Gasteiger partial charge in [0.15, 0.2) is 0 Å². The lowest BCUT2D eigenvalue weighted by Crippen LogP contribution is -2.52. The van der Waals surface area contributed by atoms with E-state index >= 15 is 0 Å². The van der Waals surface area contributed by atoms with Gasteiger partial charge < -0.3 is 10.2 Å². The van der Waals surface area contributed by atoms with Crippen LogP contribution in [0.4, 0.5) is 23.2 Å². The van der Waals surface area contributed by atoms with Crippen molar-refractivity contribution >= 4 is 27.5 Å². The maximum Gasteiger partial charge on any atom is 0.416 e. The first-order valence-electron chi connectivity index (χ1n) is 14.2. The van der Waals surface area contributed by atoms with Crippen LogP contribution in [0.25, 0.3) is 0 Å². The molecule has 0 aromatic heterocycles. The van der Waals surface area contributed by atoms with Gasteiger partial charge in [0.25, 0.3) is 0 Å². The van der Waals surface area contributed by atoms with Crippen molar-refractivity contribution < 1.29 is 35.6 Å². The molecule has 3 aromatic rings. The molecule has 0 saturated heterocycles. The highest BCUT2D eigenvalue weighted by molar-refractivity contribution is 7.92.